The Kier molecular flexibility index (Phi) is 5.76. The molecule has 0 amide bonds. The fourth-order valence-electron chi connectivity index (χ4n) is 2.83. The van der Waals surface area contributed by atoms with Crippen LogP contribution in [0.15, 0.2) is 53.9 Å². The summed E-state index contributed by atoms with van der Waals surface area (Å²) in [6.07, 6.45) is -0.109. The summed E-state index contributed by atoms with van der Waals surface area (Å²) in [5.74, 6) is 0. The number of imidazole rings is 1. The van der Waals surface area contributed by atoms with Gasteiger partial charge in [0.15, 0.2) is 0 Å². The first-order chi connectivity index (χ1) is 13.6. The number of hydrogen-bond donors (Lipinski definition) is 1. The third kappa shape index (κ3) is 4.83. The summed E-state index contributed by atoms with van der Waals surface area (Å²) in [7, 11) is -1.89. The molecule has 0 atom stereocenters. The zero-order valence-corrected chi connectivity index (χ0v) is 16.5. The largest absolute Gasteiger partial charge is 0.417 e. The molecule has 0 aliphatic rings. The highest BCUT2D eigenvalue weighted by atomic mass is 32.2. The zero-order valence-electron chi connectivity index (χ0n) is 15.7. The molecule has 1 aromatic carbocycles. The Hall–Kier alpha value is -2.72. The third-order valence-corrected chi connectivity index (χ3v) is 5.77. The van der Waals surface area contributed by atoms with Gasteiger partial charge in [0.05, 0.1) is 22.5 Å². The van der Waals surface area contributed by atoms with Crippen molar-refractivity contribution in [3.63, 3.8) is 0 Å². The van der Waals surface area contributed by atoms with Crippen LogP contribution in [0, 0.1) is 0 Å². The van der Waals surface area contributed by atoms with E-state index < -0.39 is 21.8 Å². The van der Waals surface area contributed by atoms with E-state index in [4.69, 9.17) is 0 Å². The first-order valence-electron chi connectivity index (χ1n) is 8.73. The van der Waals surface area contributed by atoms with Gasteiger partial charge in [0, 0.05) is 43.7 Å². The van der Waals surface area contributed by atoms with Crippen molar-refractivity contribution in [1.29, 1.82) is 0 Å². The van der Waals surface area contributed by atoms with Crippen molar-refractivity contribution in [2.45, 2.75) is 24.4 Å². The lowest BCUT2D eigenvalue weighted by molar-refractivity contribution is -0.137. The molecule has 1 N–H and O–H groups in total. The number of aromatic nitrogens is 3. The van der Waals surface area contributed by atoms with Crippen LogP contribution in [0.5, 0.6) is 0 Å². The summed E-state index contributed by atoms with van der Waals surface area (Å²) in [6, 6.07) is 6.90. The molecule has 154 valence electrons. The maximum absolute atomic E-state index is 12.7. The zero-order chi connectivity index (χ0) is 21.2. The van der Waals surface area contributed by atoms with Crippen molar-refractivity contribution >= 4 is 10.0 Å². The molecular formula is C19H19F3N4O2S. The number of nitrogens with one attached hydrogen (secondary N) is 1. The first kappa shape index (κ1) is 21.0. The number of rotatable bonds is 6. The van der Waals surface area contributed by atoms with Crippen LogP contribution in [0.25, 0.3) is 11.3 Å². The van der Waals surface area contributed by atoms with E-state index in [9.17, 15) is 21.6 Å². The lowest BCUT2D eigenvalue weighted by Gasteiger charge is -2.12. The van der Waals surface area contributed by atoms with Crippen molar-refractivity contribution in [3.8, 4) is 11.3 Å². The van der Waals surface area contributed by atoms with Crippen molar-refractivity contribution in [1.82, 2.24) is 19.3 Å². The van der Waals surface area contributed by atoms with Crippen LogP contribution >= 0.6 is 0 Å². The van der Waals surface area contributed by atoms with E-state index in [0.29, 0.717) is 22.5 Å². The molecule has 0 aliphatic heterocycles. The monoisotopic (exact) mass is 424 g/mol. The molecule has 0 bridgehead atoms. The highest BCUT2D eigenvalue weighted by Gasteiger charge is 2.30. The van der Waals surface area contributed by atoms with Gasteiger partial charge in [0.2, 0.25) is 10.0 Å². The summed E-state index contributed by atoms with van der Waals surface area (Å²) in [6.45, 7) is 1.93. The molecule has 0 spiro atoms. The number of halogens is 3. The van der Waals surface area contributed by atoms with Gasteiger partial charge >= 0.3 is 6.18 Å². The molecule has 0 saturated carbocycles. The Morgan fingerprint density at radius 2 is 1.90 bits per heavy atom. The van der Waals surface area contributed by atoms with E-state index in [2.05, 4.69) is 14.7 Å². The predicted octanol–water partition coefficient (Wildman–Crippen LogP) is 3.39. The van der Waals surface area contributed by atoms with Gasteiger partial charge in [-0.25, -0.2) is 18.1 Å². The number of benzene rings is 1. The van der Waals surface area contributed by atoms with Gasteiger partial charge in [-0.1, -0.05) is 13.0 Å². The Labute approximate surface area is 166 Å². The van der Waals surface area contributed by atoms with E-state index in [0.717, 1.165) is 12.3 Å². The van der Waals surface area contributed by atoms with E-state index in [-0.39, 0.29) is 17.9 Å². The number of nitrogens with zero attached hydrogens (tertiary/aromatic N) is 3. The van der Waals surface area contributed by atoms with E-state index in [1.165, 1.54) is 18.2 Å². The van der Waals surface area contributed by atoms with Crippen LogP contribution < -0.4 is 4.72 Å². The molecule has 0 aliphatic carbocycles. The minimum atomic E-state index is -4.45. The minimum Gasteiger partial charge on any atom is -0.340 e. The maximum Gasteiger partial charge on any atom is 0.417 e. The fraction of sp³-hybridized carbons (Fsp3) is 0.263. The number of sulfonamides is 1. The summed E-state index contributed by atoms with van der Waals surface area (Å²) >= 11 is 0. The number of pyridine rings is 1. The molecule has 10 heteroatoms. The average Bonchev–Trinajstić information content (AvgIpc) is 3.08. The van der Waals surface area contributed by atoms with Gasteiger partial charge in [-0.05, 0) is 29.8 Å². The Morgan fingerprint density at radius 3 is 2.45 bits per heavy atom. The lowest BCUT2D eigenvalue weighted by atomic mass is 10.0. The Bertz CT molecular complexity index is 1110. The molecular weight excluding hydrogens is 405 g/mol. The standard InChI is InChI=1S/C19H19F3N4O2S/c1-3-25-29(27,28)16-7-4-13(17(9-16)18-11-26(2)12-24-18)8-15-6-5-14(10-23-15)19(20,21)22/h4-7,9-12,25H,3,8H2,1-2H3. The van der Waals surface area contributed by atoms with Gasteiger partial charge < -0.3 is 4.57 Å². The highest BCUT2D eigenvalue weighted by Crippen LogP contribution is 2.30. The molecule has 3 rings (SSSR count). The smallest absolute Gasteiger partial charge is 0.340 e. The Balaban J connectivity index is 2.02. The number of hydrogen-bond acceptors (Lipinski definition) is 4. The number of alkyl halides is 3. The molecule has 0 fully saturated rings. The summed E-state index contributed by atoms with van der Waals surface area (Å²) in [4.78, 5) is 8.27. The molecule has 0 radical (unpaired) electrons. The van der Waals surface area contributed by atoms with E-state index >= 15 is 0 Å². The quantitative estimate of drug-likeness (QED) is 0.658. The lowest BCUT2D eigenvalue weighted by Crippen LogP contribution is -2.23. The first-order valence-corrected chi connectivity index (χ1v) is 10.2. The van der Waals surface area contributed by atoms with Crippen LogP contribution in [0.1, 0.15) is 23.7 Å². The predicted molar refractivity (Wildman–Crippen MR) is 102 cm³/mol. The molecule has 2 heterocycles. The van der Waals surface area contributed by atoms with Gasteiger partial charge in [-0.15, -0.1) is 0 Å². The molecule has 3 aromatic rings. The fourth-order valence-corrected chi connectivity index (χ4v) is 3.90. The second-order valence-electron chi connectivity index (χ2n) is 6.46. The van der Waals surface area contributed by atoms with E-state index in [1.54, 1.807) is 37.1 Å². The van der Waals surface area contributed by atoms with E-state index in [1.807, 2.05) is 0 Å². The van der Waals surface area contributed by atoms with Crippen LogP contribution in [-0.2, 0) is 29.7 Å². The van der Waals surface area contributed by atoms with Crippen molar-refractivity contribution in [2.75, 3.05) is 6.54 Å². The summed E-state index contributed by atoms with van der Waals surface area (Å²) in [5.41, 5.74) is 1.44. The summed E-state index contributed by atoms with van der Waals surface area (Å²) in [5, 5.41) is 0. The maximum atomic E-state index is 12.7. The van der Waals surface area contributed by atoms with Gasteiger partial charge in [0.1, 0.15) is 0 Å². The van der Waals surface area contributed by atoms with Gasteiger partial charge in [0.25, 0.3) is 0 Å². The van der Waals surface area contributed by atoms with Gasteiger partial charge in [-0.2, -0.15) is 13.2 Å². The number of aryl methyl sites for hydroxylation is 1. The van der Waals surface area contributed by atoms with Crippen LogP contribution in [-0.4, -0.2) is 29.5 Å². The molecule has 2 aromatic heterocycles. The van der Waals surface area contributed by atoms with Crippen molar-refractivity contribution in [3.05, 3.63) is 65.9 Å². The minimum absolute atomic E-state index is 0.0872. The highest BCUT2D eigenvalue weighted by molar-refractivity contribution is 7.89. The van der Waals surface area contributed by atoms with Gasteiger partial charge in [-0.3, -0.25) is 4.98 Å². The molecule has 0 unspecified atom stereocenters. The second kappa shape index (κ2) is 7.96. The van der Waals surface area contributed by atoms with Crippen LogP contribution in [0.2, 0.25) is 0 Å². The Morgan fingerprint density at radius 1 is 1.14 bits per heavy atom. The summed E-state index contributed by atoms with van der Waals surface area (Å²) < 4.78 is 67.1. The molecule has 0 saturated heterocycles. The third-order valence-electron chi connectivity index (χ3n) is 4.23. The average molecular weight is 424 g/mol. The van der Waals surface area contributed by atoms with Crippen molar-refractivity contribution < 1.29 is 21.6 Å². The molecule has 6 nitrogen and oxygen atoms in total. The van der Waals surface area contributed by atoms with Crippen molar-refractivity contribution in [2.24, 2.45) is 7.05 Å². The van der Waals surface area contributed by atoms with Crippen LogP contribution in [0.4, 0.5) is 13.2 Å². The SMILES string of the molecule is CCNS(=O)(=O)c1ccc(Cc2ccc(C(F)(F)F)cn2)c(-c2cn(C)cn2)c1. The topological polar surface area (TPSA) is 76.9 Å². The normalized spacial score (nSPS) is 12.3. The second-order valence-corrected chi connectivity index (χ2v) is 8.22. The van der Waals surface area contributed by atoms with Crippen LogP contribution in [0.3, 0.4) is 0 Å². The molecule has 29 heavy (non-hydrogen) atoms.